The van der Waals surface area contributed by atoms with Crippen LogP contribution in [0.1, 0.15) is 35.3 Å². The van der Waals surface area contributed by atoms with Crippen molar-refractivity contribution >= 4 is 5.91 Å². The molecule has 0 radical (unpaired) electrons. The number of aromatic nitrogens is 2. The molecule has 5 nitrogen and oxygen atoms in total. The van der Waals surface area contributed by atoms with E-state index in [1.807, 2.05) is 6.92 Å². The van der Waals surface area contributed by atoms with Crippen LogP contribution in [0.15, 0.2) is 36.7 Å². The first-order valence-electron chi connectivity index (χ1n) is 6.84. The van der Waals surface area contributed by atoms with E-state index in [1.54, 1.807) is 30.2 Å². The molecule has 7 heteroatoms. The van der Waals surface area contributed by atoms with E-state index in [1.165, 1.54) is 18.2 Å². The summed E-state index contributed by atoms with van der Waals surface area (Å²) in [6.07, 6.45) is 4.11. The van der Waals surface area contributed by atoms with Gasteiger partial charge in [-0.25, -0.2) is 0 Å². The number of hydrogen-bond acceptors (Lipinski definition) is 3. The summed E-state index contributed by atoms with van der Waals surface area (Å²) in [4.78, 5) is 12.3. The van der Waals surface area contributed by atoms with E-state index in [0.29, 0.717) is 6.42 Å². The molecule has 0 fully saturated rings. The molecule has 0 bridgehead atoms. The number of benzene rings is 1. The Morgan fingerprint density at radius 1 is 1.41 bits per heavy atom. The molecule has 22 heavy (non-hydrogen) atoms. The van der Waals surface area contributed by atoms with Crippen molar-refractivity contribution in [2.45, 2.75) is 26.0 Å². The van der Waals surface area contributed by atoms with Crippen LogP contribution in [0.25, 0.3) is 0 Å². The fourth-order valence-electron chi connectivity index (χ4n) is 2.13. The van der Waals surface area contributed by atoms with Crippen molar-refractivity contribution in [3.8, 4) is 5.75 Å². The maximum atomic E-state index is 12.4. The Kier molecular flexibility index (Phi) is 5.08. The standard InChI is InChI=1S/C15H17F2N3O2/c1-3-12(10-8-18-20(2)9-10)19-14(21)11-6-4-5-7-13(11)22-15(16)17/h4-9,12,15H,3H2,1-2H3,(H,19,21)/t12-/m1/s1. The number of nitrogens with zero attached hydrogens (tertiary/aromatic N) is 2. The van der Waals surface area contributed by atoms with Crippen LogP contribution >= 0.6 is 0 Å². The van der Waals surface area contributed by atoms with Crippen LogP contribution in [0.2, 0.25) is 0 Å². The second-order valence-electron chi connectivity index (χ2n) is 4.76. The lowest BCUT2D eigenvalue weighted by atomic mass is 10.1. The third-order valence-corrected chi connectivity index (χ3v) is 3.19. The van der Waals surface area contributed by atoms with Gasteiger partial charge in [-0.1, -0.05) is 19.1 Å². The summed E-state index contributed by atoms with van der Waals surface area (Å²) >= 11 is 0. The van der Waals surface area contributed by atoms with Gasteiger partial charge in [0.1, 0.15) is 5.75 Å². The fourth-order valence-corrected chi connectivity index (χ4v) is 2.13. The average molecular weight is 309 g/mol. The molecule has 1 amide bonds. The van der Waals surface area contributed by atoms with E-state index in [2.05, 4.69) is 15.2 Å². The van der Waals surface area contributed by atoms with E-state index in [9.17, 15) is 13.6 Å². The number of para-hydroxylation sites is 1. The van der Waals surface area contributed by atoms with Crippen molar-refractivity contribution in [2.75, 3.05) is 0 Å². The molecular formula is C15H17F2N3O2. The highest BCUT2D eigenvalue weighted by molar-refractivity contribution is 5.97. The van der Waals surface area contributed by atoms with Crippen LogP contribution in [-0.4, -0.2) is 22.3 Å². The zero-order valence-electron chi connectivity index (χ0n) is 12.3. The molecule has 0 unspecified atom stereocenters. The van der Waals surface area contributed by atoms with E-state index in [0.717, 1.165) is 5.56 Å². The number of amides is 1. The molecule has 0 saturated heterocycles. The minimum atomic E-state index is -2.98. The summed E-state index contributed by atoms with van der Waals surface area (Å²) in [5.41, 5.74) is 0.927. The highest BCUT2D eigenvalue weighted by Gasteiger charge is 2.19. The van der Waals surface area contributed by atoms with Crippen molar-refractivity contribution in [3.63, 3.8) is 0 Å². The lowest BCUT2D eigenvalue weighted by molar-refractivity contribution is -0.0501. The highest BCUT2D eigenvalue weighted by atomic mass is 19.3. The zero-order chi connectivity index (χ0) is 16.1. The molecule has 0 aliphatic rings. The Morgan fingerprint density at radius 3 is 2.73 bits per heavy atom. The quantitative estimate of drug-likeness (QED) is 0.892. The van der Waals surface area contributed by atoms with E-state index < -0.39 is 12.5 Å². The van der Waals surface area contributed by atoms with Crippen molar-refractivity contribution < 1.29 is 18.3 Å². The minimum absolute atomic E-state index is 0.0742. The first-order chi connectivity index (χ1) is 10.5. The fraction of sp³-hybridized carbons (Fsp3) is 0.333. The Hall–Kier alpha value is -2.44. The van der Waals surface area contributed by atoms with Gasteiger partial charge in [0.25, 0.3) is 5.91 Å². The SMILES string of the molecule is CC[C@@H](NC(=O)c1ccccc1OC(F)F)c1cnn(C)c1. The van der Waals surface area contributed by atoms with E-state index >= 15 is 0 Å². The second kappa shape index (κ2) is 7.02. The number of carbonyl (C=O) groups is 1. The molecule has 2 rings (SSSR count). The zero-order valence-corrected chi connectivity index (χ0v) is 12.3. The number of alkyl halides is 2. The summed E-state index contributed by atoms with van der Waals surface area (Å²) in [7, 11) is 1.78. The van der Waals surface area contributed by atoms with Crippen molar-refractivity contribution in [1.82, 2.24) is 15.1 Å². The van der Waals surface area contributed by atoms with Gasteiger partial charge in [-0.15, -0.1) is 0 Å². The lowest BCUT2D eigenvalue weighted by Gasteiger charge is -2.17. The third-order valence-electron chi connectivity index (χ3n) is 3.19. The summed E-state index contributed by atoms with van der Waals surface area (Å²) in [5, 5.41) is 6.87. The van der Waals surface area contributed by atoms with Crippen molar-refractivity contribution in [3.05, 3.63) is 47.8 Å². The molecule has 0 spiro atoms. The monoisotopic (exact) mass is 309 g/mol. The first kappa shape index (κ1) is 15.9. The van der Waals surface area contributed by atoms with Crippen LogP contribution < -0.4 is 10.1 Å². The van der Waals surface area contributed by atoms with Gasteiger partial charge in [-0.3, -0.25) is 9.48 Å². The predicted octanol–water partition coefficient (Wildman–Crippen LogP) is 2.90. The Morgan fingerprint density at radius 2 is 2.14 bits per heavy atom. The maximum absolute atomic E-state index is 12.4. The van der Waals surface area contributed by atoms with Crippen LogP contribution in [0, 0.1) is 0 Å². The summed E-state index contributed by atoms with van der Waals surface area (Å²) in [5.74, 6) is -0.608. The van der Waals surface area contributed by atoms with Gasteiger partial charge in [0.05, 0.1) is 17.8 Å². The number of nitrogens with one attached hydrogen (secondary N) is 1. The molecule has 1 heterocycles. The van der Waals surface area contributed by atoms with Gasteiger partial charge in [0, 0.05) is 18.8 Å². The van der Waals surface area contributed by atoms with Gasteiger partial charge in [0.15, 0.2) is 0 Å². The number of halogens is 2. The van der Waals surface area contributed by atoms with Crippen molar-refractivity contribution in [2.24, 2.45) is 7.05 Å². The predicted molar refractivity (Wildman–Crippen MR) is 76.8 cm³/mol. The molecule has 0 saturated carbocycles. The normalized spacial score (nSPS) is 12.2. The lowest BCUT2D eigenvalue weighted by Crippen LogP contribution is -2.28. The molecule has 1 aromatic carbocycles. The third kappa shape index (κ3) is 3.81. The van der Waals surface area contributed by atoms with E-state index in [-0.39, 0.29) is 17.4 Å². The molecule has 1 N–H and O–H groups in total. The van der Waals surface area contributed by atoms with Gasteiger partial charge < -0.3 is 10.1 Å². The molecule has 2 aromatic rings. The van der Waals surface area contributed by atoms with Crippen LogP contribution in [0.4, 0.5) is 8.78 Å². The maximum Gasteiger partial charge on any atom is 0.387 e. The molecule has 1 atom stereocenters. The first-order valence-corrected chi connectivity index (χ1v) is 6.84. The van der Waals surface area contributed by atoms with Gasteiger partial charge >= 0.3 is 6.61 Å². The Balaban J connectivity index is 2.17. The summed E-state index contributed by atoms with van der Waals surface area (Å²) < 4.78 is 30.8. The molecule has 0 aliphatic carbocycles. The average Bonchev–Trinajstić information content (AvgIpc) is 2.91. The topological polar surface area (TPSA) is 56.1 Å². The van der Waals surface area contributed by atoms with Crippen LogP contribution in [-0.2, 0) is 7.05 Å². The van der Waals surface area contributed by atoms with Gasteiger partial charge in [-0.05, 0) is 18.6 Å². The van der Waals surface area contributed by atoms with E-state index in [4.69, 9.17) is 0 Å². The number of hydrogen-bond donors (Lipinski definition) is 1. The van der Waals surface area contributed by atoms with Crippen LogP contribution in [0.5, 0.6) is 5.75 Å². The largest absolute Gasteiger partial charge is 0.434 e. The van der Waals surface area contributed by atoms with Gasteiger partial charge in [0.2, 0.25) is 0 Å². The number of rotatable bonds is 6. The molecule has 118 valence electrons. The van der Waals surface area contributed by atoms with Crippen molar-refractivity contribution in [1.29, 1.82) is 0 Å². The molecular weight excluding hydrogens is 292 g/mol. The molecule has 0 aliphatic heterocycles. The van der Waals surface area contributed by atoms with Gasteiger partial charge in [-0.2, -0.15) is 13.9 Å². The molecule has 1 aromatic heterocycles. The number of aryl methyl sites for hydroxylation is 1. The summed E-state index contributed by atoms with van der Waals surface area (Å²) in [6, 6.07) is 5.67. The Labute approximate surface area is 126 Å². The van der Waals surface area contributed by atoms with Crippen LogP contribution in [0.3, 0.4) is 0 Å². The highest BCUT2D eigenvalue weighted by Crippen LogP contribution is 2.22. The smallest absolute Gasteiger partial charge is 0.387 e. The second-order valence-corrected chi connectivity index (χ2v) is 4.76. The number of carbonyl (C=O) groups excluding carboxylic acids is 1. The summed E-state index contributed by atoms with van der Waals surface area (Å²) in [6.45, 7) is -1.06. The minimum Gasteiger partial charge on any atom is -0.434 e. The number of ether oxygens (including phenoxy) is 1. The Bertz CT molecular complexity index is 643.